The van der Waals surface area contributed by atoms with Crippen LogP contribution >= 0.6 is 0 Å². The Kier molecular flexibility index (Phi) is 7.12. The van der Waals surface area contributed by atoms with Gasteiger partial charge in [0.25, 0.3) is 0 Å². The van der Waals surface area contributed by atoms with Gasteiger partial charge in [-0.05, 0) is 126 Å². The van der Waals surface area contributed by atoms with Crippen molar-refractivity contribution in [3.05, 3.63) is 169 Å². The Hall–Kier alpha value is -6.12. The molecule has 2 N–H and O–H groups in total. The molecule has 9 rings (SSSR count). The maximum atomic E-state index is 5.62. The number of benzene rings is 8. The second kappa shape index (κ2) is 11.7. The van der Waals surface area contributed by atoms with Gasteiger partial charge in [-0.3, -0.25) is 0 Å². The van der Waals surface area contributed by atoms with Crippen molar-refractivity contribution >= 4 is 59.7 Å². The molecule has 0 aliphatic carbocycles. The van der Waals surface area contributed by atoms with Crippen LogP contribution in [0.1, 0.15) is 38.8 Å². The highest BCUT2D eigenvalue weighted by Crippen LogP contribution is 2.45. The Morgan fingerprint density at radius 1 is 0.569 bits per heavy atom. The number of nitrogens with two attached hydrogens (primary N) is 1. The molecule has 0 aliphatic rings. The van der Waals surface area contributed by atoms with Crippen LogP contribution in [-0.4, -0.2) is 4.57 Å². The zero-order valence-electron chi connectivity index (χ0n) is 29.5. The van der Waals surface area contributed by atoms with Gasteiger partial charge in [-0.2, -0.15) is 0 Å². The standard InChI is InChI=1S/C49H40N2/c1-31(11-10-26-50)32-18-20-33(21-19-32)43-30-44(42-25-23-36-28-37(49(2,3)4)27-35-22-24-41(43)48(42)47(35)36)34-12-9-13-38(29-34)51-45-16-7-5-14-39(45)40-15-6-8-17-46(40)51/h5-30H,50H2,1-4H3/b26-10-,31-11+. The van der Waals surface area contributed by atoms with Gasteiger partial charge < -0.3 is 10.3 Å². The van der Waals surface area contributed by atoms with Crippen LogP contribution < -0.4 is 5.73 Å². The average Bonchev–Trinajstić information content (AvgIpc) is 3.50. The molecule has 1 aromatic heterocycles. The highest BCUT2D eigenvalue weighted by molar-refractivity contribution is 6.28. The van der Waals surface area contributed by atoms with E-state index in [1.165, 1.54) is 93.1 Å². The van der Waals surface area contributed by atoms with Gasteiger partial charge in [-0.15, -0.1) is 0 Å². The molecule has 51 heavy (non-hydrogen) atoms. The molecule has 0 bridgehead atoms. The van der Waals surface area contributed by atoms with Gasteiger partial charge >= 0.3 is 0 Å². The van der Waals surface area contributed by atoms with Crippen molar-refractivity contribution in [2.75, 3.05) is 0 Å². The second-order valence-corrected chi connectivity index (χ2v) is 14.9. The number of fused-ring (bicyclic) bond motifs is 3. The molecular weight excluding hydrogens is 617 g/mol. The van der Waals surface area contributed by atoms with Gasteiger partial charge in [0, 0.05) is 16.5 Å². The summed E-state index contributed by atoms with van der Waals surface area (Å²) in [5, 5.41) is 10.3. The molecule has 2 heteroatoms. The van der Waals surface area contributed by atoms with Gasteiger partial charge in [-0.1, -0.05) is 136 Å². The quantitative estimate of drug-likeness (QED) is 0.145. The van der Waals surface area contributed by atoms with Gasteiger partial charge in [0.15, 0.2) is 0 Å². The maximum absolute atomic E-state index is 5.62. The lowest BCUT2D eigenvalue weighted by Gasteiger charge is -2.23. The summed E-state index contributed by atoms with van der Waals surface area (Å²) in [6.07, 6.45) is 5.51. The second-order valence-electron chi connectivity index (χ2n) is 14.9. The summed E-state index contributed by atoms with van der Waals surface area (Å²) in [5.74, 6) is 0. The smallest absolute Gasteiger partial charge is 0.0541 e. The van der Waals surface area contributed by atoms with Crippen LogP contribution in [0, 0.1) is 0 Å². The minimum Gasteiger partial charge on any atom is -0.405 e. The number of hydrogen-bond donors (Lipinski definition) is 1. The molecule has 0 spiro atoms. The van der Waals surface area contributed by atoms with Crippen LogP contribution in [0.2, 0.25) is 0 Å². The first-order valence-corrected chi connectivity index (χ1v) is 17.8. The predicted octanol–water partition coefficient (Wildman–Crippen LogP) is 13.2. The zero-order chi connectivity index (χ0) is 34.9. The van der Waals surface area contributed by atoms with E-state index < -0.39 is 0 Å². The van der Waals surface area contributed by atoms with Crippen molar-refractivity contribution in [2.45, 2.75) is 33.1 Å². The van der Waals surface area contributed by atoms with Gasteiger partial charge in [0.05, 0.1) is 11.0 Å². The third kappa shape index (κ3) is 5.02. The third-order valence-electron chi connectivity index (χ3n) is 10.7. The average molecular weight is 657 g/mol. The van der Waals surface area contributed by atoms with Crippen LogP contribution in [-0.2, 0) is 5.41 Å². The third-order valence-corrected chi connectivity index (χ3v) is 10.7. The molecule has 0 atom stereocenters. The first-order valence-electron chi connectivity index (χ1n) is 17.8. The lowest BCUT2D eigenvalue weighted by Crippen LogP contribution is -2.10. The first kappa shape index (κ1) is 30.9. The Balaban J connectivity index is 1.32. The molecular formula is C49H40N2. The topological polar surface area (TPSA) is 30.9 Å². The Morgan fingerprint density at radius 3 is 1.78 bits per heavy atom. The maximum Gasteiger partial charge on any atom is 0.0541 e. The molecule has 1 heterocycles. The minimum absolute atomic E-state index is 0.0578. The molecule has 9 aromatic rings. The lowest BCUT2D eigenvalue weighted by molar-refractivity contribution is 0.591. The Labute approximate surface area is 299 Å². The Morgan fingerprint density at radius 2 is 1.18 bits per heavy atom. The van der Waals surface area contributed by atoms with Gasteiger partial charge in [-0.25, -0.2) is 0 Å². The first-order chi connectivity index (χ1) is 24.8. The fraction of sp³-hybridized carbons (Fsp3) is 0.102. The zero-order valence-corrected chi connectivity index (χ0v) is 29.5. The van der Waals surface area contributed by atoms with Crippen LogP contribution in [0.4, 0.5) is 0 Å². The van der Waals surface area contributed by atoms with Crippen LogP contribution in [0.15, 0.2) is 158 Å². The van der Waals surface area contributed by atoms with E-state index in [-0.39, 0.29) is 5.41 Å². The van der Waals surface area contributed by atoms with Gasteiger partial charge in [0.1, 0.15) is 0 Å². The van der Waals surface area contributed by atoms with Crippen molar-refractivity contribution in [1.82, 2.24) is 4.57 Å². The molecule has 0 amide bonds. The van der Waals surface area contributed by atoms with E-state index in [0.29, 0.717) is 0 Å². The molecule has 0 saturated carbocycles. The number of rotatable bonds is 5. The fourth-order valence-corrected chi connectivity index (χ4v) is 8.05. The van der Waals surface area contributed by atoms with E-state index in [2.05, 4.69) is 178 Å². The molecule has 0 fully saturated rings. The van der Waals surface area contributed by atoms with Crippen molar-refractivity contribution in [2.24, 2.45) is 5.73 Å². The number of para-hydroxylation sites is 2. The summed E-state index contributed by atoms with van der Waals surface area (Å²) in [5.41, 5.74) is 17.9. The van der Waals surface area contributed by atoms with Gasteiger partial charge in [0.2, 0.25) is 0 Å². The monoisotopic (exact) mass is 656 g/mol. The predicted molar refractivity (Wildman–Crippen MR) is 221 cm³/mol. The summed E-state index contributed by atoms with van der Waals surface area (Å²) in [4.78, 5) is 0. The number of allylic oxidation sites excluding steroid dienone is 3. The molecule has 2 nitrogen and oxygen atoms in total. The molecule has 0 radical (unpaired) electrons. The van der Waals surface area contributed by atoms with Crippen LogP contribution in [0.5, 0.6) is 0 Å². The van der Waals surface area contributed by atoms with E-state index in [1.807, 2.05) is 6.08 Å². The summed E-state index contributed by atoms with van der Waals surface area (Å²) in [6, 6.07) is 52.1. The molecule has 0 unspecified atom stereocenters. The van der Waals surface area contributed by atoms with Crippen LogP contribution in [0.3, 0.4) is 0 Å². The molecule has 246 valence electrons. The SMILES string of the molecule is C/C(=C\C=C/N)c1ccc(-c2cc(-c3cccc(-n4c5ccccc5c5ccccc54)c3)c3ccc4cc(C(C)(C)C)cc5ccc2c3c54)cc1. The lowest BCUT2D eigenvalue weighted by atomic mass is 9.81. The highest BCUT2D eigenvalue weighted by Gasteiger charge is 2.21. The highest BCUT2D eigenvalue weighted by atomic mass is 15.0. The summed E-state index contributed by atoms with van der Waals surface area (Å²) >= 11 is 0. The van der Waals surface area contributed by atoms with E-state index in [9.17, 15) is 0 Å². The fourth-order valence-electron chi connectivity index (χ4n) is 8.05. The number of aromatic nitrogens is 1. The van der Waals surface area contributed by atoms with Crippen molar-refractivity contribution in [3.63, 3.8) is 0 Å². The van der Waals surface area contributed by atoms with E-state index in [1.54, 1.807) is 6.20 Å². The Bertz CT molecular complexity index is 2770. The molecule has 0 aliphatic heterocycles. The summed E-state index contributed by atoms with van der Waals surface area (Å²) < 4.78 is 2.41. The largest absolute Gasteiger partial charge is 0.405 e. The van der Waals surface area contributed by atoms with E-state index in [0.717, 1.165) is 5.69 Å². The van der Waals surface area contributed by atoms with E-state index in [4.69, 9.17) is 5.73 Å². The summed E-state index contributed by atoms with van der Waals surface area (Å²) in [6.45, 7) is 9.02. The number of hydrogen-bond acceptors (Lipinski definition) is 1. The normalized spacial score (nSPS) is 12.8. The van der Waals surface area contributed by atoms with E-state index >= 15 is 0 Å². The van der Waals surface area contributed by atoms with Crippen molar-refractivity contribution in [3.8, 4) is 27.9 Å². The summed E-state index contributed by atoms with van der Waals surface area (Å²) in [7, 11) is 0. The molecule has 8 aromatic carbocycles. The van der Waals surface area contributed by atoms with Crippen molar-refractivity contribution < 1.29 is 0 Å². The number of nitrogens with zero attached hydrogens (tertiary/aromatic N) is 1. The molecule has 0 saturated heterocycles. The van der Waals surface area contributed by atoms with Crippen molar-refractivity contribution in [1.29, 1.82) is 0 Å². The van der Waals surface area contributed by atoms with Crippen LogP contribution in [0.25, 0.3) is 87.6 Å². The minimum atomic E-state index is 0.0578.